The molecule has 0 heterocycles. The van der Waals surface area contributed by atoms with Gasteiger partial charge in [0.2, 0.25) is 0 Å². The number of hydrogen-bond donors (Lipinski definition) is 0. The average Bonchev–Trinajstić information content (AvgIpc) is 2.46. The van der Waals surface area contributed by atoms with Crippen LogP contribution in [0, 0.1) is 0 Å². The van der Waals surface area contributed by atoms with Crippen molar-refractivity contribution < 1.29 is 9.53 Å². The third kappa shape index (κ3) is 2.84. The van der Waals surface area contributed by atoms with E-state index in [9.17, 15) is 4.79 Å². The smallest absolute Gasteiger partial charge is 0.160 e. The van der Waals surface area contributed by atoms with E-state index in [2.05, 4.69) is 19.1 Å². The third-order valence-corrected chi connectivity index (χ3v) is 3.40. The Morgan fingerprint density at radius 2 is 1.79 bits per heavy atom. The topological polar surface area (TPSA) is 26.3 Å². The summed E-state index contributed by atoms with van der Waals surface area (Å²) in [5.74, 6) is 1.03. The molecule has 0 amide bonds. The van der Waals surface area contributed by atoms with Gasteiger partial charge in [-0.25, -0.2) is 0 Å². The van der Waals surface area contributed by atoms with Crippen molar-refractivity contribution in [2.24, 2.45) is 0 Å². The highest BCUT2D eigenvalue weighted by molar-refractivity contribution is 5.96. The average molecular weight is 254 g/mol. The summed E-state index contributed by atoms with van der Waals surface area (Å²) < 4.78 is 5.26. The van der Waals surface area contributed by atoms with E-state index in [1.807, 2.05) is 36.4 Å². The van der Waals surface area contributed by atoms with Crippen LogP contribution in [-0.2, 0) is 0 Å². The molecular weight excluding hydrogens is 236 g/mol. The van der Waals surface area contributed by atoms with Crippen LogP contribution in [0.25, 0.3) is 0 Å². The maximum Gasteiger partial charge on any atom is 0.160 e. The molecule has 0 aliphatic heterocycles. The number of hydrogen-bond acceptors (Lipinski definition) is 2. The molecule has 0 aliphatic rings. The largest absolute Gasteiger partial charge is 0.497 e. The van der Waals surface area contributed by atoms with Crippen LogP contribution in [0.15, 0.2) is 48.5 Å². The lowest BCUT2D eigenvalue weighted by atomic mass is 9.88. The number of carbonyl (C=O) groups excluding carboxylic acids is 1. The van der Waals surface area contributed by atoms with Crippen LogP contribution in [0.5, 0.6) is 5.75 Å². The van der Waals surface area contributed by atoms with Gasteiger partial charge in [-0.2, -0.15) is 0 Å². The summed E-state index contributed by atoms with van der Waals surface area (Å²) in [7, 11) is 1.64. The molecule has 2 nitrogen and oxygen atoms in total. The Kier molecular flexibility index (Phi) is 4.00. The molecular formula is C17H18O2. The highest BCUT2D eigenvalue weighted by atomic mass is 16.5. The van der Waals surface area contributed by atoms with Crippen molar-refractivity contribution >= 4 is 5.78 Å². The zero-order valence-electron chi connectivity index (χ0n) is 11.5. The molecule has 1 unspecified atom stereocenters. The number of Topliss-reactive ketones (excluding diaryl/α,β-unsaturated/α-hetero) is 1. The van der Waals surface area contributed by atoms with Gasteiger partial charge in [-0.15, -0.1) is 0 Å². The van der Waals surface area contributed by atoms with Crippen LogP contribution < -0.4 is 4.74 Å². The van der Waals surface area contributed by atoms with E-state index in [-0.39, 0.29) is 11.7 Å². The van der Waals surface area contributed by atoms with Crippen molar-refractivity contribution in [3.63, 3.8) is 0 Å². The van der Waals surface area contributed by atoms with Crippen LogP contribution in [0.3, 0.4) is 0 Å². The zero-order valence-corrected chi connectivity index (χ0v) is 11.5. The van der Waals surface area contributed by atoms with Crippen molar-refractivity contribution in [1.29, 1.82) is 0 Å². The standard InChI is InChI=1S/C17H18O2/c1-12(14-7-5-4-6-8-14)17-11-15(19-3)9-10-16(17)13(2)18/h4-12H,1-3H3. The van der Waals surface area contributed by atoms with Gasteiger partial charge in [0.05, 0.1) is 7.11 Å². The summed E-state index contributed by atoms with van der Waals surface area (Å²) in [6.07, 6.45) is 0. The fourth-order valence-corrected chi connectivity index (χ4v) is 2.27. The molecule has 0 spiro atoms. The van der Waals surface area contributed by atoms with E-state index in [1.165, 1.54) is 5.56 Å². The minimum absolute atomic E-state index is 0.0837. The van der Waals surface area contributed by atoms with Crippen LogP contribution in [0.1, 0.15) is 41.3 Å². The second-order valence-corrected chi connectivity index (χ2v) is 4.64. The van der Waals surface area contributed by atoms with Crippen molar-refractivity contribution in [3.05, 3.63) is 65.2 Å². The number of carbonyl (C=O) groups is 1. The van der Waals surface area contributed by atoms with Gasteiger partial charge < -0.3 is 4.74 Å². The minimum Gasteiger partial charge on any atom is -0.497 e. The van der Waals surface area contributed by atoms with E-state index in [0.29, 0.717) is 0 Å². The van der Waals surface area contributed by atoms with E-state index < -0.39 is 0 Å². The molecule has 2 rings (SSSR count). The monoisotopic (exact) mass is 254 g/mol. The Bertz CT molecular complexity index is 573. The molecule has 98 valence electrons. The Balaban J connectivity index is 2.50. The van der Waals surface area contributed by atoms with Crippen molar-refractivity contribution in [2.45, 2.75) is 19.8 Å². The third-order valence-electron chi connectivity index (χ3n) is 3.40. The maximum absolute atomic E-state index is 11.8. The first-order valence-corrected chi connectivity index (χ1v) is 6.37. The number of rotatable bonds is 4. The van der Waals surface area contributed by atoms with Crippen LogP contribution in [-0.4, -0.2) is 12.9 Å². The lowest BCUT2D eigenvalue weighted by Gasteiger charge is -2.17. The maximum atomic E-state index is 11.8. The molecule has 0 bridgehead atoms. The molecule has 0 saturated carbocycles. The second-order valence-electron chi connectivity index (χ2n) is 4.64. The Morgan fingerprint density at radius 3 is 2.37 bits per heavy atom. The Morgan fingerprint density at radius 1 is 1.11 bits per heavy atom. The summed E-state index contributed by atoms with van der Waals surface area (Å²) in [6.45, 7) is 3.71. The first-order valence-electron chi connectivity index (χ1n) is 6.37. The fraction of sp³-hybridized carbons (Fsp3) is 0.235. The van der Waals surface area contributed by atoms with Gasteiger partial charge in [-0.1, -0.05) is 37.3 Å². The van der Waals surface area contributed by atoms with Crippen LogP contribution in [0.2, 0.25) is 0 Å². The molecule has 1 atom stereocenters. The summed E-state index contributed by atoms with van der Waals surface area (Å²) in [6, 6.07) is 15.8. The second kappa shape index (κ2) is 5.70. The summed E-state index contributed by atoms with van der Waals surface area (Å²) >= 11 is 0. The lowest BCUT2D eigenvalue weighted by Crippen LogP contribution is -2.05. The molecule has 19 heavy (non-hydrogen) atoms. The summed E-state index contributed by atoms with van der Waals surface area (Å²) in [5.41, 5.74) is 2.97. The molecule has 0 radical (unpaired) electrons. The highest BCUT2D eigenvalue weighted by Crippen LogP contribution is 2.30. The van der Waals surface area contributed by atoms with Gasteiger partial charge >= 0.3 is 0 Å². The Hall–Kier alpha value is -2.09. The number of ether oxygens (including phenoxy) is 1. The van der Waals surface area contributed by atoms with Crippen molar-refractivity contribution in [2.75, 3.05) is 7.11 Å². The molecule has 0 aromatic heterocycles. The van der Waals surface area contributed by atoms with Crippen LogP contribution >= 0.6 is 0 Å². The van der Waals surface area contributed by atoms with Gasteiger partial charge in [0.25, 0.3) is 0 Å². The van der Waals surface area contributed by atoms with Gasteiger partial charge in [-0.3, -0.25) is 4.79 Å². The molecule has 0 fully saturated rings. The SMILES string of the molecule is COc1ccc(C(C)=O)c(C(C)c2ccccc2)c1. The normalized spacial score (nSPS) is 11.9. The molecule has 2 heteroatoms. The van der Waals surface area contributed by atoms with Gasteiger partial charge in [0.15, 0.2) is 5.78 Å². The lowest BCUT2D eigenvalue weighted by molar-refractivity contribution is 0.101. The molecule has 2 aromatic carbocycles. The molecule has 0 aliphatic carbocycles. The predicted octanol–water partition coefficient (Wildman–Crippen LogP) is 4.05. The first-order chi connectivity index (χ1) is 9.13. The zero-order chi connectivity index (χ0) is 13.8. The summed E-state index contributed by atoms with van der Waals surface area (Å²) in [5, 5.41) is 0. The van der Waals surface area contributed by atoms with E-state index >= 15 is 0 Å². The Labute approximate surface area is 114 Å². The van der Waals surface area contributed by atoms with Gasteiger partial charge in [0, 0.05) is 11.5 Å². The number of methoxy groups -OCH3 is 1. The molecule has 2 aromatic rings. The van der Waals surface area contributed by atoms with Crippen molar-refractivity contribution in [3.8, 4) is 5.75 Å². The molecule has 0 N–H and O–H groups in total. The fourth-order valence-electron chi connectivity index (χ4n) is 2.27. The van der Waals surface area contributed by atoms with Gasteiger partial charge in [-0.05, 0) is 36.2 Å². The van der Waals surface area contributed by atoms with E-state index in [4.69, 9.17) is 4.74 Å². The predicted molar refractivity (Wildman–Crippen MR) is 77.0 cm³/mol. The van der Waals surface area contributed by atoms with E-state index in [1.54, 1.807) is 14.0 Å². The summed E-state index contributed by atoms with van der Waals surface area (Å²) in [4.78, 5) is 11.8. The van der Waals surface area contributed by atoms with Crippen molar-refractivity contribution in [1.82, 2.24) is 0 Å². The van der Waals surface area contributed by atoms with Gasteiger partial charge in [0.1, 0.15) is 5.75 Å². The number of benzene rings is 2. The van der Waals surface area contributed by atoms with E-state index in [0.717, 1.165) is 16.9 Å². The van der Waals surface area contributed by atoms with Crippen LogP contribution in [0.4, 0.5) is 0 Å². The minimum atomic E-state index is 0.0837. The first kappa shape index (κ1) is 13.3. The molecule has 0 saturated heterocycles. The highest BCUT2D eigenvalue weighted by Gasteiger charge is 2.16. The number of ketones is 1. The quantitative estimate of drug-likeness (QED) is 0.769.